The lowest BCUT2D eigenvalue weighted by Crippen LogP contribution is -2.28. The molecule has 1 aromatic carbocycles. The van der Waals surface area contributed by atoms with Crippen molar-refractivity contribution in [3.8, 4) is 0 Å². The van der Waals surface area contributed by atoms with Crippen LogP contribution < -0.4 is 11.1 Å². The van der Waals surface area contributed by atoms with Gasteiger partial charge in [-0.1, -0.05) is 24.3 Å². The van der Waals surface area contributed by atoms with Gasteiger partial charge in [-0.2, -0.15) is 0 Å². The summed E-state index contributed by atoms with van der Waals surface area (Å²) in [5.74, 6) is 0.0676. The van der Waals surface area contributed by atoms with Crippen LogP contribution in [0.25, 0.3) is 0 Å². The van der Waals surface area contributed by atoms with Gasteiger partial charge in [-0.05, 0) is 38.3 Å². The molecule has 0 fully saturated rings. The molecule has 0 spiro atoms. The largest absolute Gasteiger partial charge is 0.350 e. The van der Waals surface area contributed by atoms with E-state index in [1.54, 1.807) is 0 Å². The molecule has 1 aromatic rings. The van der Waals surface area contributed by atoms with Crippen molar-refractivity contribution in [2.75, 3.05) is 0 Å². The predicted molar refractivity (Wildman–Crippen MR) is 70.6 cm³/mol. The van der Waals surface area contributed by atoms with E-state index in [-0.39, 0.29) is 18.0 Å². The van der Waals surface area contributed by atoms with Gasteiger partial charge in [-0.25, -0.2) is 0 Å². The number of hydrogen-bond acceptors (Lipinski definition) is 2. The maximum atomic E-state index is 11.7. The monoisotopic (exact) mass is 234 g/mol. The lowest BCUT2D eigenvalue weighted by Gasteiger charge is -2.16. The van der Waals surface area contributed by atoms with E-state index in [1.807, 2.05) is 32.0 Å². The van der Waals surface area contributed by atoms with Gasteiger partial charge in [0.15, 0.2) is 0 Å². The fraction of sp³-hybridized carbons (Fsp3) is 0.500. The van der Waals surface area contributed by atoms with Crippen molar-refractivity contribution in [1.82, 2.24) is 5.32 Å². The Kier molecular flexibility index (Phi) is 5.16. The molecule has 94 valence electrons. The number of nitrogens with one attached hydrogen (secondary N) is 1. The summed E-state index contributed by atoms with van der Waals surface area (Å²) in [6.45, 7) is 5.98. The third kappa shape index (κ3) is 4.57. The minimum Gasteiger partial charge on any atom is -0.350 e. The minimum atomic E-state index is 0.0526. The third-order valence-electron chi connectivity index (χ3n) is 2.86. The summed E-state index contributed by atoms with van der Waals surface area (Å²) in [5.41, 5.74) is 8.00. The molecule has 0 aliphatic rings. The van der Waals surface area contributed by atoms with Gasteiger partial charge in [0.05, 0.1) is 6.04 Å². The van der Waals surface area contributed by atoms with E-state index in [0.29, 0.717) is 6.42 Å². The second-order valence-electron chi connectivity index (χ2n) is 4.66. The van der Waals surface area contributed by atoms with Crippen molar-refractivity contribution in [3.05, 3.63) is 35.4 Å². The molecule has 0 radical (unpaired) electrons. The van der Waals surface area contributed by atoms with E-state index in [0.717, 1.165) is 6.42 Å². The molecule has 0 saturated carbocycles. The summed E-state index contributed by atoms with van der Waals surface area (Å²) in [7, 11) is 0. The fourth-order valence-electron chi connectivity index (χ4n) is 1.82. The van der Waals surface area contributed by atoms with Gasteiger partial charge in [0.1, 0.15) is 0 Å². The second kappa shape index (κ2) is 6.40. The Bertz CT molecular complexity index is 374. The average Bonchev–Trinajstić information content (AvgIpc) is 2.26. The summed E-state index contributed by atoms with van der Waals surface area (Å²) >= 11 is 0. The molecule has 0 aliphatic heterocycles. The molecule has 0 heterocycles. The molecule has 1 unspecified atom stereocenters. The van der Waals surface area contributed by atoms with Gasteiger partial charge in [0, 0.05) is 12.5 Å². The number of nitrogens with two attached hydrogens (primary N) is 1. The molecular formula is C14H22N2O. The normalized spacial score (nSPS) is 14.1. The summed E-state index contributed by atoms with van der Waals surface area (Å²) in [5, 5.41) is 3.00. The first-order chi connectivity index (χ1) is 8.00. The zero-order chi connectivity index (χ0) is 12.8. The second-order valence-corrected chi connectivity index (χ2v) is 4.66. The van der Waals surface area contributed by atoms with Crippen LogP contribution in [0.2, 0.25) is 0 Å². The molecule has 0 aromatic heterocycles. The molecule has 0 bridgehead atoms. The molecular weight excluding hydrogens is 212 g/mol. The first kappa shape index (κ1) is 13.7. The molecule has 1 amide bonds. The van der Waals surface area contributed by atoms with E-state index in [1.165, 1.54) is 11.1 Å². The van der Waals surface area contributed by atoms with E-state index in [2.05, 4.69) is 18.3 Å². The predicted octanol–water partition coefficient (Wildman–Crippen LogP) is 2.30. The van der Waals surface area contributed by atoms with Crippen molar-refractivity contribution >= 4 is 5.91 Å². The molecule has 0 aliphatic carbocycles. The highest BCUT2D eigenvalue weighted by molar-refractivity contribution is 5.76. The minimum absolute atomic E-state index is 0.0526. The number of amides is 1. The van der Waals surface area contributed by atoms with Crippen LogP contribution in [-0.4, -0.2) is 11.9 Å². The summed E-state index contributed by atoms with van der Waals surface area (Å²) in [6.07, 6.45) is 1.22. The van der Waals surface area contributed by atoms with Crippen molar-refractivity contribution < 1.29 is 4.79 Å². The first-order valence-electron chi connectivity index (χ1n) is 6.11. The van der Waals surface area contributed by atoms with E-state index < -0.39 is 0 Å². The van der Waals surface area contributed by atoms with Crippen LogP contribution in [0.1, 0.15) is 43.9 Å². The van der Waals surface area contributed by atoms with Crippen molar-refractivity contribution in [2.24, 2.45) is 5.73 Å². The molecule has 1 rings (SSSR count). The van der Waals surface area contributed by atoms with E-state index in [4.69, 9.17) is 5.73 Å². The smallest absolute Gasteiger partial charge is 0.220 e. The Labute approximate surface area is 103 Å². The SMILES string of the molecule is Cc1ccccc1[C@H](C)NC(=O)CCC(C)N. The highest BCUT2D eigenvalue weighted by Crippen LogP contribution is 2.16. The number of benzene rings is 1. The lowest BCUT2D eigenvalue weighted by atomic mass is 10.0. The topological polar surface area (TPSA) is 55.1 Å². The highest BCUT2D eigenvalue weighted by atomic mass is 16.1. The first-order valence-corrected chi connectivity index (χ1v) is 6.11. The molecule has 3 nitrogen and oxygen atoms in total. The van der Waals surface area contributed by atoms with Crippen LogP contribution in [0.4, 0.5) is 0 Å². The van der Waals surface area contributed by atoms with Crippen LogP contribution in [0.3, 0.4) is 0 Å². The molecule has 3 N–H and O–H groups in total. The van der Waals surface area contributed by atoms with E-state index in [9.17, 15) is 4.79 Å². The Morgan fingerprint density at radius 1 is 1.35 bits per heavy atom. The van der Waals surface area contributed by atoms with Gasteiger partial charge >= 0.3 is 0 Å². The maximum absolute atomic E-state index is 11.7. The quantitative estimate of drug-likeness (QED) is 0.821. The van der Waals surface area contributed by atoms with Crippen LogP contribution in [-0.2, 0) is 4.79 Å². The zero-order valence-corrected chi connectivity index (χ0v) is 10.9. The van der Waals surface area contributed by atoms with Crippen LogP contribution >= 0.6 is 0 Å². The molecule has 0 saturated heterocycles. The standard InChI is InChI=1S/C14H22N2O/c1-10-6-4-5-7-13(10)12(3)16-14(17)9-8-11(2)15/h4-7,11-12H,8-9,15H2,1-3H3,(H,16,17)/t11?,12-/m0/s1. The van der Waals surface area contributed by atoms with Gasteiger partial charge in [-0.15, -0.1) is 0 Å². The van der Waals surface area contributed by atoms with Crippen LogP contribution in [0, 0.1) is 6.92 Å². The Hall–Kier alpha value is -1.35. The van der Waals surface area contributed by atoms with Gasteiger partial charge in [-0.3, -0.25) is 4.79 Å². The number of aryl methyl sites for hydroxylation is 1. The molecule has 17 heavy (non-hydrogen) atoms. The highest BCUT2D eigenvalue weighted by Gasteiger charge is 2.11. The summed E-state index contributed by atoms with van der Waals surface area (Å²) in [6, 6.07) is 8.23. The third-order valence-corrected chi connectivity index (χ3v) is 2.86. The summed E-state index contributed by atoms with van der Waals surface area (Å²) < 4.78 is 0. The van der Waals surface area contributed by atoms with Crippen molar-refractivity contribution in [1.29, 1.82) is 0 Å². The Morgan fingerprint density at radius 3 is 2.59 bits per heavy atom. The van der Waals surface area contributed by atoms with Crippen molar-refractivity contribution in [3.63, 3.8) is 0 Å². The fourth-order valence-corrected chi connectivity index (χ4v) is 1.82. The van der Waals surface area contributed by atoms with Gasteiger partial charge in [0.2, 0.25) is 5.91 Å². The molecule has 3 heteroatoms. The Morgan fingerprint density at radius 2 is 2.00 bits per heavy atom. The maximum Gasteiger partial charge on any atom is 0.220 e. The Balaban J connectivity index is 2.52. The number of rotatable bonds is 5. The van der Waals surface area contributed by atoms with Gasteiger partial charge in [0.25, 0.3) is 0 Å². The van der Waals surface area contributed by atoms with E-state index >= 15 is 0 Å². The van der Waals surface area contributed by atoms with Crippen LogP contribution in [0.5, 0.6) is 0 Å². The molecule has 2 atom stereocenters. The number of hydrogen-bond donors (Lipinski definition) is 2. The zero-order valence-electron chi connectivity index (χ0n) is 10.9. The average molecular weight is 234 g/mol. The number of carbonyl (C=O) groups is 1. The summed E-state index contributed by atoms with van der Waals surface area (Å²) in [4.78, 5) is 11.7. The van der Waals surface area contributed by atoms with Gasteiger partial charge < -0.3 is 11.1 Å². The lowest BCUT2D eigenvalue weighted by molar-refractivity contribution is -0.121. The van der Waals surface area contributed by atoms with Crippen molar-refractivity contribution in [2.45, 2.75) is 45.7 Å². The van der Waals surface area contributed by atoms with Crippen LogP contribution in [0.15, 0.2) is 24.3 Å². The number of carbonyl (C=O) groups excluding carboxylic acids is 1.